The number of anilines is 1. The molecule has 1 saturated heterocycles. The molecule has 0 spiro atoms. The first-order chi connectivity index (χ1) is 14.0. The maximum Gasteiger partial charge on any atom is 0.320 e. The fourth-order valence-electron chi connectivity index (χ4n) is 3.61. The average Bonchev–Trinajstić information content (AvgIpc) is 2.74. The summed E-state index contributed by atoms with van der Waals surface area (Å²) in [5.41, 5.74) is 3.34. The van der Waals surface area contributed by atoms with Gasteiger partial charge in [-0.15, -0.1) is 0 Å². The highest BCUT2D eigenvalue weighted by Crippen LogP contribution is 2.18. The number of carbonyl (C=O) groups excluding carboxylic acids is 1. The number of nitrogens with zero attached hydrogens (tertiary/aromatic N) is 2. The molecule has 0 radical (unpaired) electrons. The van der Waals surface area contributed by atoms with Crippen LogP contribution in [0, 0.1) is 0 Å². The first kappa shape index (κ1) is 20.9. The normalized spacial score (nSPS) is 15.2. The van der Waals surface area contributed by atoms with Gasteiger partial charge in [-0.05, 0) is 36.1 Å². The van der Waals surface area contributed by atoms with Crippen LogP contribution >= 0.6 is 0 Å². The highest BCUT2D eigenvalue weighted by molar-refractivity contribution is 5.74. The Morgan fingerprint density at radius 1 is 0.966 bits per heavy atom. The Labute approximate surface area is 172 Å². The SMILES string of the molecule is CC(=O)N1CCN(c2ccc(CN[C@@H](CCc3ccccc3)C(=O)O)cc2)CC1. The van der Waals surface area contributed by atoms with Crippen LogP contribution in [0.1, 0.15) is 24.5 Å². The summed E-state index contributed by atoms with van der Waals surface area (Å²) in [5, 5.41) is 12.7. The van der Waals surface area contributed by atoms with Crippen molar-refractivity contribution in [3.63, 3.8) is 0 Å². The third kappa shape index (κ3) is 6.06. The summed E-state index contributed by atoms with van der Waals surface area (Å²) in [4.78, 5) is 27.2. The molecule has 1 aliphatic rings. The molecule has 1 aliphatic heterocycles. The van der Waals surface area contributed by atoms with E-state index in [9.17, 15) is 14.7 Å². The Kier molecular flexibility index (Phi) is 7.25. The molecule has 1 atom stereocenters. The summed E-state index contributed by atoms with van der Waals surface area (Å²) in [6.45, 7) is 5.29. The van der Waals surface area contributed by atoms with Crippen molar-refractivity contribution in [2.45, 2.75) is 32.4 Å². The maximum absolute atomic E-state index is 11.6. The Balaban J connectivity index is 1.49. The minimum atomic E-state index is -0.819. The van der Waals surface area contributed by atoms with Gasteiger partial charge < -0.3 is 20.2 Å². The van der Waals surface area contributed by atoms with E-state index in [0.29, 0.717) is 13.0 Å². The molecule has 0 bridgehead atoms. The lowest BCUT2D eigenvalue weighted by molar-refractivity contribution is -0.139. The van der Waals surface area contributed by atoms with E-state index in [1.807, 2.05) is 47.4 Å². The summed E-state index contributed by atoms with van der Waals surface area (Å²) in [6, 6.07) is 17.6. The molecule has 3 rings (SSSR count). The summed E-state index contributed by atoms with van der Waals surface area (Å²) in [5.74, 6) is -0.688. The zero-order valence-corrected chi connectivity index (χ0v) is 16.9. The zero-order chi connectivity index (χ0) is 20.6. The van der Waals surface area contributed by atoms with Gasteiger partial charge in [0.2, 0.25) is 5.91 Å². The van der Waals surface area contributed by atoms with Crippen molar-refractivity contribution < 1.29 is 14.7 Å². The molecule has 0 aromatic heterocycles. The number of aliphatic carboxylic acids is 1. The molecular weight excluding hydrogens is 366 g/mol. The van der Waals surface area contributed by atoms with E-state index < -0.39 is 12.0 Å². The van der Waals surface area contributed by atoms with Crippen LogP contribution in [0.5, 0.6) is 0 Å². The number of aryl methyl sites for hydroxylation is 1. The highest BCUT2D eigenvalue weighted by atomic mass is 16.4. The van der Waals surface area contributed by atoms with E-state index in [4.69, 9.17) is 0 Å². The topological polar surface area (TPSA) is 72.9 Å². The first-order valence-electron chi connectivity index (χ1n) is 10.1. The van der Waals surface area contributed by atoms with Gasteiger partial charge in [-0.25, -0.2) is 0 Å². The van der Waals surface area contributed by atoms with Crippen LogP contribution in [0.25, 0.3) is 0 Å². The van der Waals surface area contributed by atoms with E-state index >= 15 is 0 Å². The van der Waals surface area contributed by atoms with E-state index in [-0.39, 0.29) is 5.91 Å². The Morgan fingerprint density at radius 2 is 1.62 bits per heavy atom. The van der Waals surface area contributed by atoms with Crippen LogP contribution in [0.3, 0.4) is 0 Å². The summed E-state index contributed by atoms with van der Waals surface area (Å²) in [6.07, 6.45) is 1.29. The number of nitrogens with one attached hydrogen (secondary N) is 1. The highest BCUT2D eigenvalue weighted by Gasteiger charge is 2.19. The molecule has 0 aliphatic carbocycles. The second kappa shape index (κ2) is 10.1. The van der Waals surface area contributed by atoms with Crippen LogP contribution < -0.4 is 10.2 Å². The van der Waals surface area contributed by atoms with E-state index in [1.54, 1.807) is 6.92 Å². The molecule has 6 heteroatoms. The van der Waals surface area contributed by atoms with Gasteiger partial charge >= 0.3 is 5.97 Å². The summed E-state index contributed by atoms with van der Waals surface area (Å²) >= 11 is 0. The lowest BCUT2D eigenvalue weighted by atomic mass is 10.0. The van der Waals surface area contributed by atoms with Crippen molar-refractivity contribution in [1.29, 1.82) is 0 Å². The Morgan fingerprint density at radius 3 is 2.21 bits per heavy atom. The third-order valence-electron chi connectivity index (χ3n) is 5.44. The number of hydrogen-bond acceptors (Lipinski definition) is 4. The van der Waals surface area contributed by atoms with E-state index in [2.05, 4.69) is 22.3 Å². The predicted octanol–water partition coefficient (Wildman–Crippen LogP) is 2.53. The molecule has 154 valence electrons. The molecule has 0 saturated carbocycles. The molecule has 6 nitrogen and oxygen atoms in total. The lowest BCUT2D eigenvalue weighted by Crippen LogP contribution is -2.48. The van der Waals surface area contributed by atoms with Gasteiger partial charge in [0.1, 0.15) is 6.04 Å². The average molecular weight is 396 g/mol. The largest absolute Gasteiger partial charge is 0.480 e. The summed E-state index contributed by atoms with van der Waals surface area (Å²) in [7, 11) is 0. The molecule has 2 N–H and O–H groups in total. The molecule has 0 unspecified atom stereocenters. The molecular formula is C23H29N3O3. The number of carboxylic acids is 1. The van der Waals surface area contributed by atoms with Crippen molar-refractivity contribution >= 4 is 17.6 Å². The number of piperazine rings is 1. The fourth-order valence-corrected chi connectivity index (χ4v) is 3.61. The quantitative estimate of drug-likeness (QED) is 0.719. The van der Waals surface area contributed by atoms with Gasteiger partial charge in [-0.3, -0.25) is 9.59 Å². The lowest BCUT2D eigenvalue weighted by Gasteiger charge is -2.35. The Bertz CT molecular complexity index is 800. The van der Waals surface area contributed by atoms with Crippen LogP contribution in [-0.2, 0) is 22.6 Å². The van der Waals surface area contributed by atoms with Crippen molar-refractivity contribution in [2.75, 3.05) is 31.1 Å². The number of carbonyl (C=O) groups is 2. The van der Waals surface area contributed by atoms with Gasteiger partial charge in [0.15, 0.2) is 0 Å². The van der Waals surface area contributed by atoms with Gasteiger partial charge in [0, 0.05) is 45.3 Å². The molecule has 2 aromatic rings. The van der Waals surface area contributed by atoms with Gasteiger partial charge in [0.05, 0.1) is 0 Å². The van der Waals surface area contributed by atoms with Crippen LogP contribution in [0.2, 0.25) is 0 Å². The van der Waals surface area contributed by atoms with E-state index in [1.165, 1.54) is 0 Å². The number of carboxylic acid groups (broad SMARTS) is 1. The van der Waals surface area contributed by atoms with Crippen molar-refractivity contribution in [3.8, 4) is 0 Å². The van der Waals surface area contributed by atoms with Crippen molar-refractivity contribution in [1.82, 2.24) is 10.2 Å². The smallest absolute Gasteiger partial charge is 0.320 e. The predicted molar refractivity (Wildman–Crippen MR) is 114 cm³/mol. The molecule has 1 amide bonds. The summed E-state index contributed by atoms with van der Waals surface area (Å²) < 4.78 is 0. The van der Waals surface area contributed by atoms with E-state index in [0.717, 1.165) is 49.4 Å². The van der Waals surface area contributed by atoms with Crippen LogP contribution in [0.15, 0.2) is 54.6 Å². The monoisotopic (exact) mass is 395 g/mol. The number of benzene rings is 2. The minimum Gasteiger partial charge on any atom is -0.480 e. The van der Waals surface area contributed by atoms with Crippen LogP contribution in [0.4, 0.5) is 5.69 Å². The molecule has 1 heterocycles. The second-order valence-electron chi connectivity index (χ2n) is 7.46. The molecule has 29 heavy (non-hydrogen) atoms. The first-order valence-corrected chi connectivity index (χ1v) is 10.1. The molecule has 1 fully saturated rings. The number of rotatable bonds is 8. The van der Waals surface area contributed by atoms with Crippen molar-refractivity contribution in [3.05, 3.63) is 65.7 Å². The zero-order valence-electron chi connectivity index (χ0n) is 16.9. The Hall–Kier alpha value is -2.86. The standard InChI is InChI=1S/C23H29N3O3/c1-18(27)25-13-15-26(16-14-25)21-10-7-20(8-11-21)17-24-22(23(28)29)12-9-19-5-3-2-4-6-19/h2-8,10-11,22,24H,9,12-17H2,1H3,(H,28,29)/t22-/m0/s1. The van der Waals surface area contributed by atoms with Crippen molar-refractivity contribution in [2.24, 2.45) is 0 Å². The van der Waals surface area contributed by atoms with Crippen LogP contribution in [-0.4, -0.2) is 54.1 Å². The minimum absolute atomic E-state index is 0.131. The van der Waals surface area contributed by atoms with Gasteiger partial charge in [0.25, 0.3) is 0 Å². The third-order valence-corrected chi connectivity index (χ3v) is 5.44. The maximum atomic E-state index is 11.6. The number of hydrogen-bond donors (Lipinski definition) is 2. The van der Waals surface area contributed by atoms with Gasteiger partial charge in [-0.2, -0.15) is 0 Å². The number of amides is 1. The molecule has 2 aromatic carbocycles. The second-order valence-corrected chi connectivity index (χ2v) is 7.46. The van der Waals surface area contributed by atoms with Gasteiger partial charge in [-0.1, -0.05) is 42.5 Å². The fraction of sp³-hybridized carbons (Fsp3) is 0.391.